The monoisotopic (exact) mass is 284 g/mol. The Hall–Kier alpha value is -2.28. The Morgan fingerprint density at radius 1 is 1.00 bits per heavy atom. The van der Waals surface area contributed by atoms with Crippen LogP contribution in [0.4, 0.5) is 13.2 Å². The average molecular weight is 284 g/mol. The van der Waals surface area contributed by atoms with Crippen molar-refractivity contribution < 1.29 is 22.6 Å². The lowest BCUT2D eigenvalue weighted by atomic mass is 10.3. The first-order chi connectivity index (χ1) is 9.46. The summed E-state index contributed by atoms with van der Waals surface area (Å²) in [5, 5.41) is 0. The molecule has 20 heavy (non-hydrogen) atoms. The molecule has 2 aromatic rings. The van der Waals surface area contributed by atoms with Crippen LogP contribution in [-0.4, -0.2) is 11.3 Å². The molecule has 4 nitrogen and oxygen atoms in total. The van der Waals surface area contributed by atoms with Gasteiger partial charge in [0.15, 0.2) is 0 Å². The van der Waals surface area contributed by atoms with Gasteiger partial charge in [-0.15, -0.1) is 13.2 Å². The number of nitrogens with zero attached hydrogens (tertiary/aromatic N) is 1. The Kier molecular flexibility index (Phi) is 4.09. The molecule has 0 radical (unpaired) electrons. The van der Waals surface area contributed by atoms with Crippen LogP contribution in [0, 0.1) is 0 Å². The standard InChI is InChI=1S/C13H11F3N2O2/c14-13(15,16)20-11-4-2-10(3-5-11)19-12-6-1-9(7-17)8-18-12/h1-6,8H,7,17H2. The van der Waals surface area contributed by atoms with Gasteiger partial charge in [-0.1, -0.05) is 6.07 Å². The number of alkyl halides is 3. The minimum atomic E-state index is -4.71. The molecule has 0 aliphatic carbocycles. The zero-order valence-corrected chi connectivity index (χ0v) is 10.2. The molecule has 0 bridgehead atoms. The Balaban J connectivity index is 2.02. The lowest BCUT2D eigenvalue weighted by molar-refractivity contribution is -0.274. The SMILES string of the molecule is NCc1ccc(Oc2ccc(OC(F)(F)F)cc2)nc1. The molecule has 0 atom stereocenters. The van der Waals surface area contributed by atoms with Crippen molar-refractivity contribution in [2.75, 3.05) is 0 Å². The molecule has 106 valence electrons. The number of hydrogen-bond acceptors (Lipinski definition) is 4. The Morgan fingerprint density at radius 2 is 1.65 bits per heavy atom. The quantitative estimate of drug-likeness (QED) is 0.936. The lowest BCUT2D eigenvalue weighted by Crippen LogP contribution is -2.16. The predicted octanol–water partition coefficient (Wildman–Crippen LogP) is 3.23. The van der Waals surface area contributed by atoms with E-state index in [0.717, 1.165) is 17.7 Å². The number of nitrogens with two attached hydrogens (primary N) is 1. The van der Waals surface area contributed by atoms with E-state index in [1.165, 1.54) is 12.1 Å². The van der Waals surface area contributed by atoms with Gasteiger partial charge in [-0.2, -0.15) is 0 Å². The van der Waals surface area contributed by atoms with E-state index in [1.54, 1.807) is 18.3 Å². The summed E-state index contributed by atoms with van der Waals surface area (Å²) >= 11 is 0. The van der Waals surface area contributed by atoms with E-state index < -0.39 is 6.36 Å². The van der Waals surface area contributed by atoms with Crippen LogP contribution >= 0.6 is 0 Å². The molecule has 0 amide bonds. The molecule has 0 aliphatic rings. The highest BCUT2D eigenvalue weighted by Crippen LogP contribution is 2.26. The van der Waals surface area contributed by atoms with Crippen molar-refractivity contribution in [3.05, 3.63) is 48.2 Å². The van der Waals surface area contributed by atoms with Crippen LogP contribution in [0.1, 0.15) is 5.56 Å². The van der Waals surface area contributed by atoms with Crippen LogP contribution in [0.25, 0.3) is 0 Å². The van der Waals surface area contributed by atoms with Crippen LogP contribution in [0.5, 0.6) is 17.4 Å². The van der Waals surface area contributed by atoms with Gasteiger partial charge in [0.2, 0.25) is 5.88 Å². The van der Waals surface area contributed by atoms with Crippen LogP contribution in [-0.2, 0) is 6.54 Å². The number of pyridine rings is 1. The van der Waals surface area contributed by atoms with Crippen molar-refractivity contribution in [2.24, 2.45) is 5.73 Å². The molecule has 0 spiro atoms. The summed E-state index contributed by atoms with van der Waals surface area (Å²) < 4.78 is 45.1. The molecule has 2 N–H and O–H groups in total. The Bertz CT molecular complexity index is 553. The van der Waals surface area contributed by atoms with Crippen molar-refractivity contribution in [1.29, 1.82) is 0 Å². The van der Waals surface area contributed by atoms with E-state index in [-0.39, 0.29) is 5.75 Å². The van der Waals surface area contributed by atoms with Crippen molar-refractivity contribution in [1.82, 2.24) is 4.98 Å². The molecule has 7 heteroatoms. The van der Waals surface area contributed by atoms with Crippen LogP contribution < -0.4 is 15.2 Å². The number of rotatable bonds is 4. The number of ether oxygens (including phenoxy) is 2. The molecule has 0 unspecified atom stereocenters. The van der Waals surface area contributed by atoms with E-state index in [9.17, 15) is 13.2 Å². The first-order valence-corrected chi connectivity index (χ1v) is 5.65. The zero-order chi connectivity index (χ0) is 14.6. The maximum absolute atomic E-state index is 12.0. The molecule has 0 saturated carbocycles. The van der Waals surface area contributed by atoms with Gasteiger partial charge in [0.05, 0.1) is 0 Å². The first kappa shape index (κ1) is 14.1. The molecule has 1 aromatic heterocycles. The number of benzene rings is 1. The summed E-state index contributed by atoms with van der Waals surface area (Å²) in [6.45, 7) is 0.372. The Morgan fingerprint density at radius 3 is 2.15 bits per heavy atom. The largest absolute Gasteiger partial charge is 0.573 e. The summed E-state index contributed by atoms with van der Waals surface area (Å²) in [5.41, 5.74) is 6.29. The molecule has 2 rings (SSSR count). The van der Waals surface area contributed by atoms with Crippen LogP contribution in [0.2, 0.25) is 0 Å². The van der Waals surface area contributed by atoms with Gasteiger partial charge in [-0.3, -0.25) is 0 Å². The van der Waals surface area contributed by atoms with Gasteiger partial charge in [0, 0.05) is 18.8 Å². The second-order valence-corrected chi connectivity index (χ2v) is 3.83. The normalized spacial score (nSPS) is 11.2. The highest BCUT2D eigenvalue weighted by Gasteiger charge is 2.30. The molecule has 0 aliphatic heterocycles. The molecular formula is C13H11F3N2O2. The second-order valence-electron chi connectivity index (χ2n) is 3.83. The number of aromatic nitrogens is 1. The maximum Gasteiger partial charge on any atom is 0.573 e. The van der Waals surface area contributed by atoms with Gasteiger partial charge in [0.25, 0.3) is 0 Å². The fourth-order valence-corrected chi connectivity index (χ4v) is 1.42. The molecular weight excluding hydrogens is 273 g/mol. The van der Waals surface area contributed by atoms with Gasteiger partial charge in [0.1, 0.15) is 11.5 Å². The van der Waals surface area contributed by atoms with Gasteiger partial charge >= 0.3 is 6.36 Å². The molecule has 0 fully saturated rings. The Labute approximate surface area is 113 Å². The van der Waals surface area contributed by atoms with E-state index in [0.29, 0.717) is 18.2 Å². The van der Waals surface area contributed by atoms with E-state index in [2.05, 4.69) is 9.72 Å². The second kappa shape index (κ2) is 5.79. The third kappa shape index (κ3) is 4.13. The van der Waals surface area contributed by atoms with Gasteiger partial charge < -0.3 is 15.2 Å². The highest BCUT2D eigenvalue weighted by atomic mass is 19.4. The fourth-order valence-electron chi connectivity index (χ4n) is 1.42. The third-order valence-corrected chi connectivity index (χ3v) is 2.31. The smallest absolute Gasteiger partial charge is 0.439 e. The molecule has 1 heterocycles. The minimum absolute atomic E-state index is 0.309. The average Bonchev–Trinajstić information content (AvgIpc) is 2.40. The zero-order valence-electron chi connectivity index (χ0n) is 10.2. The van der Waals surface area contributed by atoms with Crippen LogP contribution in [0.15, 0.2) is 42.6 Å². The fraction of sp³-hybridized carbons (Fsp3) is 0.154. The van der Waals surface area contributed by atoms with Crippen molar-refractivity contribution >= 4 is 0 Å². The highest BCUT2D eigenvalue weighted by molar-refractivity contribution is 5.33. The topological polar surface area (TPSA) is 57.4 Å². The minimum Gasteiger partial charge on any atom is -0.439 e. The summed E-state index contributed by atoms with van der Waals surface area (Å²) in [6, 6.07) is 8.43. The number of halogens is 3. The van der Waals surface area contributed by atoms with E-state index >= 15 is 0 Å². The predicted molar refractivity (Wildman–Crippen MR) is 65.3 cm³/mol. The molecule has 0 saturated heterocycles. The van der Waals surface area contributed by atoms with E-state index in [4.69, 9.17) is 10.5 Å². The van der Waals surface area contributed by atoms with E-state index in [1.807, 2.05) is 0 Å². The summed E-state index contributed by atoms with van der Waals surface area (Å²) in [7, 11) is 0. The van der Waals surface area contributed by atoms with Crippen molar-refractivity contribution in [3.63, 3.8) is 0 Å². The van der Waals surface area contributed by atoms with Gasteiger partial charge in [-0.25, -0.2) is 4.98 Å². The van der Waals surface area contributed by atoms with Crippen molar-refractivity contribution in [3.8, 4) is 17.4 Å². The molecule has 1 aromatic carbocycles. The summed E-state index contributed by atoms with van der Waals surface area (Å²) in [6.07, 6.45) is -3.14. The number of hydrogen-bond donors (Lipinski definition) is 1. The maximum atomic E-state index is 12.0. The lowest BCUT2D eigenvalue weighted by Gasteiger charge is -2.09. The van der Waals surface area contributed by atoms with Crippen molar-refractivity contribution in [2.45, 2.75) is 12.9 Å². The third-order valence-electron chi connectivity index (χ3n) is 2.31. The van der Waals surface area contributed by atoms with Gasteiger partial charge in [-0.05, 0) is 29.8 Å². The first-order valence-electron chi connectivity index (χ1n) is 5.65. The summed E-state index contributed by atoms with van der Waals surface area (Å²) in [4.78, 5) is 4.01. The van der Waals surface area contributed by atoms with Crippen LogP contribution in [0.3, 0.4) is 0 Å². The summed E-state index contributed by atoms with van der Waals surface area (Å²) in [5.74, 6) is 0.371.